The highest BCUT2D eigenvalue weighted by atomic mass is 32.1. The normalized spacial score (nSPS) is 11.9. The summed E-state index contributed by atoms with van der Waals surface area (Å²) in [4.78, 5) is 26.8. The molecule has 0 aliphatic carbocycles. The number of ether oxygens (including phenoxy) is 2. The number of carbonyl (C=O) groups excluding carboxylic acids is 2. The molecule has 0 atom stereocenters. The highest BCUT2D eigenvalue weighted by Crippen LogP contribution is 2.32. The maximum atomic E-state index is 12.8. The number of amides is 2. The quantitative estimate of drug-likeness (QED) is 0.671. The third kappa shape index (κ3) is 4.35. The predicted molar refractivity (Wildman–Crippen MR) is 107 cm³/mol. The van der Waals surface area contributed by atoms with Crippen LogP contribution in [0.4, 0.5) is 5.69 Å². The van der Waals surface area contributed by atoms with Crippen molar-refractivity contribution in [1.29, 1.82) is 0 Å². The Morgan fingerprint density at radius 3 is 2.69 bits per heavy atom. The summed E-state index contributed by atoms with van der Waals surface area (Å²) in [6.07, 6.45) is 0. The van der Waals surface area contributed by atoms with Crippen molar-refractivity contribution in [3.63, 3.8) is 0 Å². The minimum atomic E-state index is -0.374. The van der Waals surface area contributed by atoms with Crippen LogP contribution in [0.5, 0.6) is 11.5 Å². The molecule has 1 aromatic heterocycles. The number of benzene rings is 2. The molecule has 0 unspecified atom stereocenters. The molecular weight excluding hydrogens is 392 g/mol. The average molecular weight is 410 g/mol. The molecule has 1 aliphatic heterocycles. The SMILES string of the molecule is Cc1ccc(N(CC(=O)NCc2ccc3c(c2)OCO3)C(=O)c2csnn2)cc1. The van der Waals surface area contributed by atoms with Gasteiger partial charge in [-0.05, 0) is 48.3 Å². The first kappa shape index (κ1) is 18.9. The average Bonchev–Trinajstić information content (AvgIpc) is 3.42. The standard InChI is InChI=1S/C20H18N4O4S/c1-13-2-5-15(6-3-13)24(20(26)16-11-29-23-22-16)10-19(25)21-9-14-4-7-17-18(8-14)28-12-27-17/h2-8,11H,9-10,12H2,1H3,(H,21,25). The van der Waals surface area contributed by atoms with Gasteiger partial charge in [-0.1, -0.05) is 28.3 Å². The fourth-order valence-electron chi connectivity index (χ4n) is 2.85. The summed E-state index contributed by atoms with van der Waals surface area (Å²) in [6, 6.07) is 12.9. The number of fused-ring (bicyclic) bond motifs is 1. The number of carbonyl (C=O) groups is 2. The number of nitrogens with one attached hydrogen (secondary N) is 1. The van der Waals surface area contributed by atoms with E-state index in [1.54, 1.807) is 23.6 Å². The van der Waals surface area contributed by atoms with Gasteiger partial charge in [0.25, 0.3) is 5.91 Å². The van der Waals surface area contributed by atoms with Crippen LogP contribution >= 0.6 is 11.5 Å². The highest BCUT2D eigenvalue weighted by molar-refractivity contribution is 7.03. The van der Waals surface area contributed by atoms with E-state index in [-0.39, 0.29) is 30.8 Å². The maximum Gasteiger partial charge on any atom is 0.280 e. The molecule has 0 radical (unpaired) electrons. The number of nitrogens with zero attached hydrogens (tertiary/aromatic N) is 3. The number of rotatable bonds is 6. The Bertz CT molecular complexity index is 1020. The van der Waals surface area contributed by atoms with Crippen molar-refractivity contribution >= 4 is 29.0 Å². The Hall–Kier alpha value is -3.46. The lowest BCUT2D eigenvalue weighted by Crippen LogP contribution is -2.40. The van der Waals surface area contributed by atoms with Gasteiger partial charge < -0.3 is 14.8 Å². The lowest BCUT2D eigenvalue weighted by Gasteiger charge is -2.21. The second-order valence-corrected chi connectivity index (χ2v) is 7.09. The second-order valence-electron chi connectivity index (χ2n) is 6.48. The summed E-state index contributed by atoms with van der Waals surface area (Å²) in [6.45, 7) is 2.33. The molecular formula is C20H18N4O4S. The number of hydrogen-bond donors (Lipinski definition) is 1. The summed E-state index contributed by atoms with van der Waals surface area (Å²) in [5.41, 5.74) is 2.76. The van der Waals surface area contributed by atoms with Crippen LogP contribution in [-0.4, -0.2) is 34.7 Å². The van der Waals surface area contributed by atoms with Crippen molar-refractivity contribution in [3.05, 3.63) is 64.7 Å². The van der Waals surface area contributed by atoms with Crippen LogP contribution in [0.2, 0.25) is 0 Å². The van der Waals surface area contributed by atoms with Gasteiger partial charge in [-0.15, -0.1) is 5.10 Å². The molecule has 2 amide bonds. The Kier molecular flexibility index (Phi) is 5.39. The fourth-order valence-corrected chi connectivity index (χ4v) is 3.28. The third-order valence-corrected chi connectivity index (χ3v) is 4.90. The molecule has 0 saturated heterocycles. The number of aryl methyl sites for hydroxylation is 1. The highest BCUT2D eigenvalue weighted by Gasteiger charge is 2.23. The molecule has 1 aliphatic rings. The zero-order valence-corrected chi connectivity index (χ0v) is 16.4. The fraction of sp³-hybridized carbons (Fsp3) is 0.200. The third-order valence-electron chi connectivity index (χ3n) is 4.40. The minimum absolute atomic E-state index is 0.135. The summed E-state index contributed by atoms with van der Waals surface area (Å²) < 4.78 is 14.4. The molecule has 3 aromatic rings. The van der Waals surface area contributed by atoms with E-state index in [1.165, 1.54) is 4.90 Å². The van der Waals surface area contributed by atoms with Gasteiger partial charge in [0.05, 0.1) is 0 Å². The van der Waals surface area contributed by atoms with Crippen LogP contribution in [0, 0.1) is 6.92 Å². The molecule has 0 bridgehead atoms. The van der Waals surface area contributed by atoms with E-state index in [1.807, 2.05) is 31.2 Å². The van der Waals surface area contributed by atoms with Gasteiger partial charge in [0.15, 0.2) is 17.2 Å². The first-order valence-corrected chi connectivity index (χ1v) is 9.74. The van der Waals surface area contributed by atoms with Crippen LogP contribution in [0.1, 0.15) is 21.6 Å². The minimum Gasteiger partial charge on any atom is -0.454 e. The van der Waals surface area contributed by atoms with E-state index >= 15 is 0 Å². The van der Waals surface area contributed by atoms with Crippen molar-refractivity contribution in [2.75, 3.05) is 18.2 Å². The van der Waals surface area contributed by atoms with Gasteiger partial charge in [-0.3, -0.25) is 14.5 Å². The lowest BCUT2D eigenvalue weighted by atomic mass is 10.2. The first-order valence-electron chi connectivity index (χ1n) is 8.91. The van der Waals surface area contributed by atoms with E-state index in [9.17, 15) is 9.59 Å². The number of anilines is 1. The molecule has 2 heterocycles. The van der Waals surface area contributed by atoms with Crippen molar-refractivity contribution < 1.29 is 19.1 Å². The summed E-state index contributed by atoms with van der Waals surface area (Å²) in [5, 5.41) is 8.24. The van der Waals surface area contributed by atoms with E-state index in [0.717, 1.165) is 22.7 Å². The number of hydrogen-bond acceptors (Lipinski definition) is 7. The summed E-state index contributed by atoms with van der Waals surface area (Å²) >= 11 is 1.09. The Labute approximate surface area is 171 Å². The maximum absolute atomic E-state index is 12.8. The Morgan fingerprint density at radius 2 is 1.93 bits per heavy atom. The van der Waals surface area contributed by atoms with Crippen LogP contribution in [0.15, 0.2) is 47.8 Å². The van der Waals surface area contributed by atoms with Crippen LogP contribution in [0.25, 0.3) is 0 Å². The molecule has 29 heavy (non-hydrogen) atoms. The predicted octanol–water partition coefficient (Wildman–Crippen LogP) is 2.54. The Balaban J connectivity index is 1.45. The van der Waals surface area contributed by atoms with Gasteiger partial charge >= 0.3 is 0 Å². The van der Waals surface area contributed by atoms with Gasteiger partial charge in [0.2, 0.25) is 12.7 Å². The van der Waals surface area contributed by atoms with Gasteiger partial charge in [0.1, 0.15) is 6.54 Å². The zero-order chi connectivity index (χ0) is 20.2. The van der Waals surface area contributed by atoms with E-state index < -0.39 is 0 Å². The van der Waals surface area contributed by atoms with E-state index in [4.69, 9.17) is 9.47 Å². The lowest BCUT2D eigenvalue weighted by molar-refractivity contribution is -0.119. The summed E-state index contributed by atoms with van der Waals surface area (Å²) in [7, 11) is 0. The van der Waals surface area contributed by atoms with E-state index in [0.29, 0.717) is 23.7 Å². The number of aromatic nitrogens is 2. The molecule has 2 aromatic carbocycles. The van der Waals surface area contributed by atoms with E-state index in [2.05, 4.69) is 14.9 Å². The van der Waals surface area contributed by atoms with Crippen molar-refractivity contribution in [3.8, 4) is 11.5 Å². The molecule has 8 nitrogen and oxygen atoms in total. The molecule has 0 fully saturated rings. The van der Waals surface area contributed by atoms with Gasteiger partial charge in [0, 0.05) is 17.6 Å². The largest absolute Gasteiger partial charge is 0.454 e. The molecule has 0 saturated carbocycles. The van der Waals surface area contributed by atoms with Crippen molar-refractivity contribution in [2.45, 2.75) is 13.5 Å². The molecule has 1 N–H and O–H groups in total. The molecule has 4 rings (SSSR count). The first-order chi connectivity index (χ1) is 14.1. The second kappa shape index (κ2) is 8.27. The molecule has 0 spiro atoms. The summed E-state index contributed by atoms with van der Waals surface area (Å²) in [5.74, 6) is 0.679. The van der Waals surface area contributed by atoms with Crippen molar-refractivity contribution in [2.24, 2.45) is 0 Å². The molecule has 148 valence electrons. The van der Waals surface area contributed by atoms with Gasteiger partial charge in [-0.2, -0.15) is 0 Å². The Morgan fingerprint density at radius 1 is 1.14 bits per heavy atom. The van der Waals surface area contributed by atoms with Gasteiger partial charge in [-0.25, -0.2) is 0 Å². The van der Waals surface area contributed by atoms with Crippen LogP contribution in [0.3, 0.4) is 0 Å². The van der Waals surface area contributed by atoms with Crippen molar-refractivity contribution in [1.82, 2.24) is 14.9 Å². The molecule has 9 heteroatoms. The monoisotopic (exact) mass is 410 g/mol. The topological polar surface area (TPSA) is 93.7 Å². The van der Waals surface area contributed by atoms with Crippen LogP contribution < -0.4 is 19.7 Å². The smallest absolute Gasteiger partial charge is 0.280 e. The zero-order valence-electron chi connectivity index (χ0n) is 15.6. The van der Waals surface area contributed by atoms with Crippen LogP contribution in [-0.2, 0) is 11.3 Å².